The molecule has 0 atom stereocenters. The van der Waals surface area contributed by atoms with Crippen LogP contribution in [0.1, 0.15) is 40.5 Å². The fourth-order valence-electron chi connectivity index (χ4n) is 4.87. The second-order valence-electron chi connectivity index (χ2n) is 10.1. The van der Waals surface area contributed by atoms with Crippen molar-refractivity contribution >= 4 is 33.1 Å². The average Bonchev–Trinajstić information content (AvgIpc) is 3.76. The minimum absolute atomic E-state index is 0.0739. The summed E-state index contributed by atoms with van der Waals surface area (Å²) in [4.78, 5) is 31.0. The van der Waals surface area contributed by atoms with Crippen molar-refractivity contribution in [3.63, 3.8) is 0 Å². The van der Waals surface area contributed by atoms with Crippen LogP contribution in [0.2, 0.25) is 0 Å². The van der Waals surface area contributed by atoms with Crippen molar-refractivity contribution in [2.24, 2.45) is 5.92 Å². The molecule has 38 heavy (non-hydrogen) atoms. The molecule has 1 aliphatic carbocycles. The molecule has 11 heteroatoms. The number of Topliss-reactive ketones (excluding diaryl/α,β-unsaturated/α-hetero) is 1. The van der Waals surface area contributed by atoms with Gasteiger partial charge in [-0.1, -0.05) is 0 Å². The molecule has 0 spiro atoms. The third-order valence-corrected chi connectivity index (χ3v) is 8.80. The van der Waals surface area contributed by atoms with Gasteiger partial charge in [-0.25, -0.2) is 17.5 Å². The summed E-state index contributed by atoms with van der Waals surface area (Å²) in [6, 6.07) is 9.20. The summed E-state index contributed by atoms with van der Waals surface area (Å²) in [5.41, 5.74) is 1.74. The Morgan fingerprint density at radius 1 is 0.947 bits per heavy atom. The molecular formula is C27H33FN4O5S. The summed E-state index contributed by atoms with van der Waals surface area (Å²) in [6.45, 7) is 5.61. The molecule has 0 unspecified atom stereocenters. The van der Waals surface area contributed by atoms with Crippen molar-refractivity contribution in [3.05, 3.63) is 53.3 Å². The van der Waals surface area contributed by atoms with E-state index in [1.54, 1.807) is 29.2 Å². The Kier molecular flexibility index (Phi) is 7.69. The number of nitrogens with one attached hydrogen (secondary N) is 1. The van der Waals surface area contributed by atoms with Crippen molar-refractivity contribution < 1.29 is 27.1 Å². The molecule has 3 aliphatic rings. The molecule has 1 amide bonds. The number of hydrogen-bond donors (Lipinski definition) is 1. The van der Waals surface area contributed by atoms with Gasteiger partial charge in [0.15, 0.2) is 5.78 Å². The molecule has 0 aromatic heterocycles. The molecular weight excluding hydrogens is 511 g/mol. The maximum absolute atomic E-state index is 14.7. The van der Waals surface area contributed by atoms with Gasteiger partial charge in [0.25, 0.3) is 5.91 Å². The first-order valence-corrected chi connectivity index (χ1v) is 14.5. The first-order valence-electron chi connectivity index (χ1n) is 13.0. The molecule has 2 aromatic rings. The van der Waals surface area contributed by atoms with Crippen LogP contribution >= 0.6 is 0 Å². The van der Waals surface area contributed by atoms with Crippen LogP contribution in [-0.2, 0) is 14.8 Å². The number of carbonyl (C=O) groups excluding carboxylic acids is 2. The monoisotopic (exact) mass is 544 g/mol. The average molecular weight is 545 g/mol. The zero-order valence-corrected chi connectivity index (χ0v) is 22.3. The van der Waals surface area contributed by atoms with Gasteiger partial charge in [0.1, 0.15) is 5.82 Å². The lowest BCUT2D eigenvalue weighted by Gasteiger charge is -2.37. The molecule has 0 radical (unpaired) electrons. The highest BCUT2D eigenvalue weighted by Gasteiger charge is 2.30. The Labute approximate surface area is 222 Å². The van der Waals surface area contributed by atoms with E-state index in [4.69, 9.17) is 4.74 Å². The molecule has 2 aliphatic heterocycles. The number of carbonyl (C=O) groups is 2. The van der Waals surface area contributed by atoms with Crippen LogP contribution in [0, 0.1) is 11.7 Å². The van der Waals surface area contributed by atoms with Gasteiger partial charge in [-0.3, -0.25) is 9.59 Å². The highest BCUT2D eigenvalue weighted by atomic mass is 32.2. The number of nitrogens with zero attached hydrogens (tertiary/aromatic N) is 3. The molecule has 9 nitrogen and oxygen atoms in total. The van der Waals surface area contributed by atoms with Crippen molar-refractivity contribution in [1.29, 1.82) is 0 Å². The second kappa shape index (κ2) is 11.0. The number of ether oxygens (including phenoxy) is 1. The molecule has 3 fully saturated rings. The standard InChI is InChI=1S/C27H33FN4O5S/c1-19(33)21-4-6-26(24(28)16-21)30-8-10-32(11-9-30)27(34)23-17-22(38(35,36)29-18-20-2-3-20)5-7-25(23)31-12-14-37-15-13-31/h4-7,16-17,20,29H,2-3,8-15,18H2,1H3. The van der Waals surface area contributed by atoms with E-state index >= 15 is 0 Å². The zero-order valence-electron chi connectivity index (χ0n) is 21.5. The quantitative estimate of drug-likeness (QED) is 0.510. The number of benzene rings is 2. The highest BCUT2D eigenvalue weighted by molar-refractivity contribution is 7.89. The van der Waals surface area contributed by atoms with E-state index in [0.29, 0.717) is 87.4 Å². The van der Waals surface area contributed by atoms with E-state index in [2.05, 4.69) is 4.72 Å². The van der Waals surface area contributed by atoms with E-state index in [1.807, 2.05) is 9.80 Å². The van der Waals surface area contributed by atoms with Gasteiger partial charge in [0.2, 0.25) is 10.0 Å². The summed E-state index contributed by atoms with van der Waals surface area (Å²) in [5, 5.41) is 0. The lowest BCUT2D eigenvalue weighted by molar-refractivity contribution is 0.0745. The Balaban J connectivity index is 1.35. The number of hydrogen-bond acceptors (Lipinski definition) is 7. The van der Waals surface area contributed by atoms with Crippen LogP contribution in [0.4, 0.5) is 15.8 Å². The minimum Gasteiger partial charge on any atom is -0.378 e. The smallest absolute Gasteiger partial charge is 0.256 e. The van der Waals surface area contributed by atoms with E-state index < -0.39 is 15.8 Å². The molecule has 1 saturated carbocycles. The van der Waals surface area contributed by atoms with Crippen LogP contribution in [0.15, 0.2) is 41.3 Å². The molecule has 204 valence electrons. The molecule has 5 rings (SSSR count). The number of sulfonamides is 1. The van der Waals surface area contributed by atoms with Crippen LogP contribution in [0.3, 0.4) is 0 Å². The lowest BCUT2D eigenvalue weighted by atomic mass is 10.1. The van der Waals surface area contributed by atoms with Gasteiger partial charge in [0.05, 0.1) is 29.4 Å². The number of rotatable bonds is 8. The summed E-state index contributed by atoms with van der Waals surface area (Å²) in [6.07, 6.45) is 2.05. The SMILES string of the molecule is CC(=O)c1ccc(N2CCN(C(=O)c3cc(S(=O)(=O)NCC4CC4)ccc3N3CCOCC3)CC2)c(F)c1. The number of anilines is 2. The van der Waals surface area contributed by atoms with Gasteiger partial charge in [0, 0.05) is 57.1 Å². The first kappa shape index (κ1) is 26.6. The van der Waals surface area contributed by atoms with Crippen LogP contribution in [0.25, 0.3) is 0 Å². The number of piperazine rings is 1. The van der Waals surface area contributed by atoms with Crippen molar-refractivity contribution in [2.45, 2.75) is 24.7 Å². The number of ketones is 1. The molecule has 2 saturated heterocycles. The van der Waals surface area contributed by atoms with Crippen LogP contribution in [-0.4, -0.2) is 84.0 Å². The maximum atomic E-state index is 14.7. The number of halogens is 1. The summed E-state index contributed by atoms with van der Waals surface area (Å²) >= 11 is 0. The van der Waals surface area contributed by atoms with E-state index in [9.17, 15) is 22.4 Å². The van der Waals surface area contributed by atoms with Crippen molar-refractivity contribution in [3.8, 4) is 0 Å². The highest BCUT2D eigenvalue weighted by Crippen LogP contribution is 2.30. The summed E-state index contributed by atoms with van der Waals surface area (Å²) in [7, 11) is -3.75. The topological polar surface area (TPSA) is 99.3 Å². The lowest BCUT2D eigenvalue weighted by Crippen LogP contribution is -2.49. The van der Waals surface area contributed by atoms with Gasteiger partial charge < -0.3 is 19.4 Å². The van der Waals surface area contributed by atoms with Crippen molar-refractivity contribution in [2.75, 3.05) is 68.8 Å². The summed E-state index contributed by atoms with van der Waals surface area (Å²) in [5.74, 6) is -0.534. The van der Waals surface area contributed by atoms with Crippen LogP contribution in [0.5, 0.6) is 0 Å². The Hall–Kier alpha value is -3.02. The minimum atomic E-state index is -3.75. The van der Waals surface area contributed by atoms with Gasteiger partial charge in [-0.05, 0) is 62.1 Å². The zero-order chi connectivity index (χ0) is 26.9. The molecule has 2 aromatic carbocycles. The molecule has 1 N–H and O–H groups in total. The van der Waals surface area contributed by atoms with Crippen LogP contribution < -0.4 is 14.5 Å². The van der Waals surface area contributed by atoms with E-state index in [1.165, 1.54) is 19.1 Å². The third-order valence-electron chi connectivity index (χ3n) is 7.38. The Bertz CT molecular complexity index is 1320. The van der Waals surface area contributed by atoms with E-state index in [0.717, 1.165) is 12.8 Å². The predicted molar refractivity (Wildman–Crippen MR) is 142 cm³/mol. The fraction of sp³-hybridized carbons (Fsp3) is 0.481. The maximum Gasteiger partial charge on any atom is 0.256 e. The number of morpholine rings is 1. The van der Waals surface area contributed by atoms with Gasteiger partial charge in [-0.2, -0.15) is 0 Å². The molecule has 0 bridgehead atoms. The third kappa shape index (κ3) is 5.84. The normalized spacial score (nSPS) is 18.5. The van der Waals surface area contributed by atoms with Crippen molar-refractivity contribution in [1.82, 2.24) is 9.62 Å². The molecule has 2 heterocycles. The summed E-state index contributed by atoms with van der Waals surface area (Å²) < 4.78 is 48.8. The van der Waals surface area contributed by atoms with Gasteiger partial charge in [-0.15, -0.1) is 0 Å². The number of amides is 1. The largest absolute Gasteiger partial charge is 0.378 e. The van der Waals surface area contributed by atoms with E-state index in [-0.39, 0.29) is 16.6 Å². The fourth-order valence-corrected chi connectivity index (χ4v) is 6.01. The first-order chi connectivity index (χ1) is 18.2. The van der Waals surface area contributed by atoms with Gasteiger partial charge >= 0.3 is 0 Å². The Morgan fingerprint density at radius 2 is 1.61 bits per heavy atom. The predicted octanol–water partition coefficient (Wildman–Crippen LogP) is 2.52. The Morgan fingerprint density at radius 3 is 2.24 bits per heavy atom. The second-order valence-corrected chi connectivity index (χ2v) is 11.8.